The lowest BCUT2D eigenvalue weighted by atomic mass is 10.2. The summed E-state index contributed by atoms with van der Waals surface area (Å²) in [5.41, 5.74) is 2.88. The molecule has 4 rings (SSSR count). The van der Waals surface area contributed by atoms with Crippen LogP contribution in [-0.2, 0) is 26.4 Å². The van der Waals surface area contributed by atoms with Gasteiger partial charge in [0.25, 0.3) is 0 Å². The Labute approximate surface area is 172 Å². The summed E-state index contributed by atoms with van der Waals surface area (Å²) in [4.78, 5) is 9.10. The zero-order chi connectivity index (χ0) is 21.1. The molecular formula is C22H22N4O4. The maximum atomic E-state index is 10.1. The molecule has 2 aromatic carbocycles. The third-order valence-corrected chi connectivity index (χ3v) is 4.92. The Morgan fingerprint density at radius 1 is 0.533 bits per heavy atom. The largest absolute Gasteiger partial charge is 0.390 e. The van der Waals surface area contributed by atoms with Crippen LogP contribution in [0.5, 0.6) is 0 Å². The molecule has 0 amide bonds. The molecule has 0 unspecified atom stereocenters. The predicted octanol–water partition coefficient (Wildman–Crippen LogP) is 1.69. The molecule has 0 aliphatic carbocycles. The molecule has 0 radical (unpaired) electrons. The van der Waals surface area contributed by atoms with Crippen LogP contribution in [0.4, 0.5) is 0 Å². The Bertz CT molecular complexity index is 1050. The third-order valence-electron chi connectivity index (χ3n) is 4.92. The first kappa shape index (κ1) is 20.0. The fraction of sp³-hybridized carbons (Fsp3) is 0.182. The van der Waals surface area contributed by atoms with Crippen molar-refractivity contribution in [3.8, 4) is 22.8 Å². The Morgan fingerprint density at radius 2 is 0.900 bits per heavy atom. The van der Waals surface area contributed by atoms with Crippen LogP contribution in [0.2, 0.25) is 0 Å². The smallest absolute Gasteiger partial charge is 0.159 e. The lowest BCUT2D eigenvalue weighted by Gasteiger charge is -2.18. The summed E-state index contributed by atoms with van der Waals surface area (Å²) >= 11 is 0. The number of aliphatic hydroxyl groups excluding tert-OH is 4. The average molecular weight is 406 g/mol. The number of hydrogen-bond donors (Lipinski definition) is 4. The van der Waals surface area contributed by atoms with Crippen molar-refractivity contribution in [2.24, 2.45) is 0 Å². The second-order valence-electron chi connectivity index (χ2n) is 6.65. The Morgan fingerprint density at radius 3 is 1.20 bits per heavy atom. The van der Waals surface area contributed by atoms with E-state index in [0.29, 0.717) is 34.4 Å². The highest BCUT2D eigenvalue weighted by Crippen LogP contribution is 2.29. The second-order valence-corrected chi connectivity index (χ2v) is 6.65. The first-order valence-electron chi connectivity index (χ1n) is 9.49. The molecule has 0 saturated carbocycles. The van der Waals surface area contributed by atoms with E-state index in [2.05, 4.69) is 9.97 Å². The molecule has 0 bridgehead atoms. The molecule has 0 saturated heterocycles. The Hall–Kier alpha value is -3.30. The zero-order valence-corrected chi connectivity index (χ0v) is 16.2. The lowest BCUT2D eigenvalue weighted by molar-refractivity contribution is 0.240. The van der Waals surface area contributed by atoms with E-state index in [4.69, 9.17) is 0 Å². The summed E-state index contributed by atoms with van der Waals surface area (Å²) in [5, 5.41) is 39.9. The van der Waals surface area contributed by atoms with Crippen molar-refractivity contribution in [1.82, 2.24) is 19.3 Å². The van der Waals surface area contributed by atoms with Crippen molar-refractivity contribution in [2.75, 3.05) is 0 Å². The first-order chi connectivity index (χ1) is 14.7. The normalized spacial score (nSPS) is 11.2. The minimum Gasteiger partial charge on any atom is -0.390 e. The maximum absolute atomic E-state index is 10.1. The van der Waals surface area contributed by atoms with Crippen LogP contribution in [0.15, 0.2) is 60.7 Å². The Kier molecular flexibility index (Phi) is 5.73. The highest BCUT2D eigenvalue weighted by Gasteiger charge is 2.25. The lowest BCUT2D eigenvalue weighted by Crippen LogP contribution is -2.19. The fourth-order valence-electron chi connectivity index (χ4n) is 3.53. The van der Waals surface area contributed by atoms with Gasteiger partial charge in [-0.15, -0.1) is 0 Å². The molecule has 0 aliphatic rings. The number of aromatic nitrogens is 4. The van der Waals surface area contributed by atoms with E-state index in [1.54, 1.807) is 9.35 Å². The number of benzene rings is 2. The second kappa shape index (κ2) is 8.60. The molecule has 0 spiro atoms. The summed E-state index contributed by atoms with van der Waals surface area (Å²) in [6.07, 6.45) is 0. The van der Waals surface area contributed by atoms with E-state index in [-0.39, 0.29) is 26.4 Å². The van der Waals surface area contributed by atoms with Crippen LogP contribution in [0.25, 0.3) is 22.8 Å². The fourth-order valence-corrected chi connectivity index (χ4v) is 3.53. The summed E-state index contributed by atoms with van der Waals surface area (Å²) in [6, 6.07) is 18.7. The van der Waals surface area contributed by atoms with Crippen molar-refractivity contribution >= 4 is 0 Å². The van der Waals surface area contributed by atoms with Crippen LogP contribution in [0, 0.1) is 0 Å². The van der Waals surface area contributed by atoms with Crippen LogP contribution in [-0.4, -0.2) is 39.7 Å². The summed E-state index contributed by atoms with van der Waals surface area (Å²) in [7, 11) is 0. The number of nitrogens with zero attached hydrogens (tertiary/aromatic N) is 4. The molecule has 0 aliphatic heterocycles. The van der Waals surface area contributed by atoms with Gasteiger partial charge in [-0.25, -0.2) is 19.3 Å². The molecule has 8 nitrogen and oxygen atoms in total. The van der Waals surface area contributed by atoms with Gasteiger partial charge >= 0.3 is 0 Å². The molecule has 154 valence electrons. The van der Waals surface area contributed by atoms with Crippen molar-refractivity contribution < 1.29 is 20.4 Å². The summed E-state index contributed by atoms with van der Waals surface area (Å²) in [6.45, 7) is -1.50. The topological polar surface area (TPSA) is 117 Å². The van der Waals surface area contributed by atoms with Crippen molar-refractivity contribution in [1.29, 1.82) is 0 Å². The number of imidazole rings is 2. The van der Waals surface area contributed by atoms with Crippen molar-refractivity contribution in [3.05, 3.63) is 83.4 Å². The minimum absolute atomic E-state index is 0.318. The van der Waals surface area contributed by atoms with E-state index in [1.165, 1.54) is 0 Å². The number of aliphatic hydroxyl groups is 4. The van der Waals surface area contributed by atoms with Crippen LogP contribution < -0.4 is 0 Å². The minimum atomic E-state index is -0.387. The zero-order valence-electron chi connectivity index (χ0n) is 16.2. The van der Waals surface area contributed by atoms with E-state index < -0.39 is 0 Å². The summed E-state index contributed by atoms with van der Waals surface area (Å²) in [5.74, 6) is 0.940. The van der Waals surface area contributed by atoms with Gasteiger partial charge in [0.2, 0.25) is 0 Å². The van der Waals surface area contributed by atoms with Gasteiger partial charge < -0.3 is 20.4 Å². The standard InChI is InChI=1S/C22H22N4O4/c27-11-17-19(13-29)25(21(23-17)15-7-3-1-4-8-15)26-20(14-30)18(12-28)24-22(26)16-9-5-2-6-10-16/h1-10,27-30H,11-14H2. The molecule has 2 aromatic heterocycles. The van der Waals surface area contributed by atoms with E-state index >= 15 is 0 Å². The molecule has 8 heteroatoms. The SMILES string of the molecule is OCc1nc(-c2ccccc2)n(-n2c(-c3ccccc3)nc(CO)c2CO)c1CO. The van der Waals surface area contributed by atoms with Gasteiger partial charge in [0.15, 0.2) is 11.6 Å². The van der Waals surface area contributed by atoms with Gasteiger partial charge in [-0.3, -0.25) is 0 Å². The number of hydrogen-bond acceptors (Lipinski definition) is 6. The molecule has 30 heavy (non-hydrogen) atoms. The van der Waals surface area contributed by atoms with Crippen LogP contribution >= 0.6 is 0 Å². The van der Waals surface area contributed by atoms with Gasteiger partial charge in [-0.2, -0.15) is 0 Å². The molecule has 0 atom stereocenters. The van der Waals surface area contributed by atoms with Gasteiger partial charge in [0.1, 0.15) is 0 Å². The van der Waals surface area contributed by atoms with Crippen molar-refractivity contribution in [3.63, 3.8) is 0 Å². The Balaban J connectivity index is 2.10. The first-order valence-corrected chi connectivity index (χ1v) is 9.49. The van der Waals surface area contributed by atoms with Gasteiger partial charge in [0, 0.05) is 11.1 Å². The number of rotatable bonds is 7. The van der Waals surface area contributed by atoms with E-state index in [9.17, 15) is 20.4 Å². The van der Waals surface area contributed by atoms with Gasteiger partial charge in [-0.1, -0.05) is 60.7 Å². The highest BCUT2D eigenvalue weighted by atomic mass is 16.3. The quantitative estimate of drug-likeness (QED) is 0.371. The monoisotopic (exact) mass is 406 g/mol. The molecular weight excluding hydrogens is 384 g/mol. The summed E-state index contributed by atoms with van der Waals surface area (Å²) < 4.78 is 3.28. The molecule has 4 aromatic rings. The van der Waals surface area contributed by atoms with E-state index in [0.717, 1.165) is 11.1 Å². The molecule has 0 fully saturated rings. The predicted molar refractivity (Wildman–Crippen MR) is 110 cm³/mol. The molecule has 2 heterocycles. The van der Waals surface area contributed by atoms with Gasteiger partial charge in [-0.05, 0) is 0 Å². The molecule has 4 N–H and O–H groups in total. The van der Waals surface area contributed by atoms with Crippen LogP contribution in [0.3, 0.4) is 0 Å². The van der Waals surface area contributed by atoms with Gasteiger partial charge in [0.05, 0.1) is 49.2 Å². The van der Waals surface area contributed by atoms with Crippen LogP contribution in [0.1, 0.15) is 22.8 Å². The van der Waals surface area contributed by atoms with E-state index in [1.807, 2.05) is 60.7 Å². The third kappa shape index (κ3) is 3.31. The van der Waals surface area contributed by atoms with Crippen molar-refractivity contribution in [2.45, 2.75) is 26.4 Å². The average Bonchev–Trinajstić information content (AvgIpc) is 3.37. The highest BCUT2D eigenvalue weighted by molar-refractivity contribution is 5.61. The maximum Gasteiger partial charge on any atom is 0.159 e.